The first-order valence-corrected chi connectivity index (χ1v) is 8.90. The summed E-state index contributed by atoms with van der Waals surface area (Å²) >= 11 is 12.1. The van der Waals surface area contributed by atoms with E-state index in [1.54, 1.807) is 6.07 Å². The summed E-state index contributed by atoms with van der Waals surface area (Å²) in [5.41, 5.74) is 1.76. The lowest BCUT2D eigenvalue weighted by Crippen LogP contribution is -2.88. The highest BCUT2D eigenvalue weighted by atomic mass is 35.5. The van der Waals surface area contributed by atoms with Crippen LogP contribution in [0.3, 0.4) is 0 Å². The molecule has 0 spiro atoms. The smallest absolute Gasteiger partial charge is 0.158 e. The van der Waals surface area contributed by atoms with Crippen molar-refractivity contribution in [3.8, 4) is 11.3 Å². The molecule has 3 nitrogen and oxygen atoms in total. The molecule has 0 unspecified atom stereocenters. The number of quaternary nitrogens is 1. The lowest BCUT2D eigenvalue weighted by molar-refractivity contribution is -0.710. The van der Waals surface area contributed by atoms with Gasteiger partial charge in [0.25, 0.3) is 0 Å². The van der Waals surface area contributed by atoms with Gasteiger partial charge in [-0.2, -0.15) is 0 Å². The Morgan fingerprint density at radius 1 is 1.00 bits per heavy atom. The van der Waals surface area contributed by atoms with E-state index in [0.29, 0.717) is 16.6 Å². The molecule has 3 N–H and O–H groups in total. The van der Waals surface area contributed by atoms with Gasteiger partial charge >= 0.3 is 0 Å². The summed E-state index contributed by atoms with van der Waals surface area (Å²) in [4.78, 5) is 0. The number of aliphatic hydroxyl groups is 1. The van der Waals surface area contributed by atoms with Gasteiger partial charge in [-0.1, -0.05) is 53.5 Å². The van der Waals surface area contributed by atoms with Crippen LogP contribution in [0.4, 0.5) is 0 Å². The summed E-state index contributed by atoms with van der Waals surface area (Å²) in [7, 11) is 0. The molecule has 3 rings (SSSR count). The molecule has 25 heavy (non-hydrogen) atoms. The minimum Gasteiger partial charge on any atom is -0.455 e. The van der Waals surface area contributed by atoms with Crippen molar-refractivity contribution < 1.29 is 14.8 Å². The van der Waals surface area contributed by atoms with Gasteiger partial charge in [-0.05, 0) is 42.8 Å². The second kappa shape index (κ2) is 8.07. The number of benzene rings is 2. The Morgan fingerprint density at radius 2 is 1.68 bits per heavy atom. The molecule has 2 aromatic carbocycles. The van der Waals surface area contributed by atoms with Gasteiger partial charge in [0.1, 0.15) is 24.5 Å². The molecule has 0 saturated heterocycles. The van der Waals surface area contributed by atoms with Gasteiger partial charge in [0.2, 0.25) is 0 Å². The Bertz CT molecular complexity index is 812. The molecule has 0 saturated carbocycles. The molecular formula is C20H20Cl2NO2+. The number of furan rings is 1. The van der Waals surface area contributed by atoms with Crippen LogP contribution in [0.15, 0.2) is 65.1 Å². The maximum atomic E-state index is 10.4. The van der Waals surface area contributed by atoms with Gasteiger partial charge in [-0.25, -0.2) is 0 Å². The number of nitrogens with two attached hydrogens (primary N) is 1. The van der Waals surface area contributed by atoms with Gasteiger partial charge < -0.3 is 14.8 Å². The first-order valence-electron chi connectivity index (χ1n) is 8.14. The minimum absolute atomic E-state index is 0.0107. The van der Waals surface area contributed by atoms with Crippen LogP contribution in [-0.4, -0.2) is 11.1 Å². The fraction of sp³-hybridized carbons (Fsp3) is 0.200. The molecule has 2 atom stereocenters. The van der Waals surface area contributed by atoms with Gasteiger partial charge in [0.05, 0.1) is 0 Å². The van der Waals surface area contributed by atoms with Crippen molar-refractivity contribution in [2.45, 2.75) is 25.6 Å². The summed E-state index contributed by atoms with van der Waals surface area (Å²) in [6, 6.07) is 18.9. The number of hydrogen-bond acceptors (Lipinski definition) is 2. The molecule has 0 aliphatic rings. The summed E-state index contributed by atoms with van der Waals surface area (Å²) < 4.78 is 5.89. The third-order valence-corrected chi connectivity index (χ3v) is 4.58. The van der Waals surface area contributed by atoms with E-state index < -0.39 is 6.10 Å². The van der Waals surface area contributed by atoms with Gasteiger partial charge in [-0.15, -0.1) is 0 Å². The Kier molecular flexibility index (Phi) is 5.82. The standard InChI is InChI=1S/C20H19Cl2NO2/c1-13(20(24)14-5-3-2-4-6-14)23-12-18-7-8-19(25-18)15-9-16(21)11-17(22)10-15/h2-11,13,20,23-24H,12H2,1H3/p+1/t13-,20-/m0/s1. The Morgan fingerprint density at radius 3 is 2.36 bits per heavy atom. The lowest BCUT2D eigenvalue weighted by Gasteiger charge is -2.17. The molecule has 5 heteroatoms. The highest BCUT2D eigenvalue weighted by molar-refractivity contribution is 6.35. The molecule has 0 aliphatic heterocycles. The average Bonchev–Trinajstić information content (AvgIpc) is 3.08. The van der Waals surface area contributed by atoms with Gasteiger partial charge in [0.15, 0.2) is 5.76 Å². The van der Waals surface area contributed by atoms with E-state index in [1.165, 1.54) is 0 Å². The van der Waals surface area contributed by atoms with Crippen LogP contribution in [0.2, 0.25) is 10.0 Å². The fourth-order valence-corrected chi connectivity index (χ4v) is 3.25. The number of halogens is 2. The Labute approximate surface area is 157 Å². The van der Waals surface area contributed by atoms with Crippen LogP contribution in [0, 0.1) is 0 Å². The minimum atomic E-state index is -0.526. The van der Waals surface area contributed by atoms with Crippen molar-refractivity contribution in [1.82, 2.24) is 0 Å². The van der Waals surface area contributed by atoms with E-state index in [4.69, 9.17) is 27.6 Å². The summed E-state index contributed by atoms with van der Waals surface area (Å²) in [5, 5.41) is 13.6. The molecule has 0 amide bonds. The molecule has 0 bridgehead atoms. The largest absolute Gasteiger partial charge is 0.455 e. The van der Waals surface area contributed by atoms with Crippen LogP contribution < -0.4 is 5.32 Å². The van der Waals surface area contributed by atoms with E-state index >= 15 is 0 Å². The van der Waals surface area contributed by atoms with E-state index in [-0.39, 0.29) is 6.04 Å². The molecule has 1 aromatic heterocycles. The van der Waals surface area contributed by atoms with Crippen LogP contribution >= 0.6 is 23.2 Å². The van der Waals surface area contributed by atoms with E-state index in [9.17, 15) is 5.11 Å². The highest BCUT2D eigenvalue weighted by Crippen LogP contribution is 2.28. The number of aliphatic hydroxyl groups excluding tert-OH is 1. The molecule has 130 valence electrons. The van der Waals surface area contributed by atoms with Crippen LogP contribution in [0.25, 0.3) is 11.3 Å². The van der Waals surface area contributed by atoms with E-state index in [1.807, 2.05) is 61.5 Å². The van der Waals surface area contributed by atoms with Crippen molar-refractivity contribution in [2.24, 2.45) is 0 Å². The fourth-order valence-electron chi connectivity index (χ4n) is 2.72. The topological polar surface area (TPSA) is 50.0 Å². The zero-order valence-corrected chi connectivity index (χ0v) is 15.3. The number of rotatable bonds is 6. The number of hydrogen-bond donors (Lipinski definition) is 2. The molecule has 0 radical (unpaired) electrons. The van der Waals surface area contributed by atoms with Crippen LogP contribution in [-0.2, 0) is 6.54 Å². The molecule has 0 aliphatic carbocycles. The van der Waals surface area contributed by atoms with Crippen molar-refractivity contribution in [3.05, 3.63) is 82.0 Å². The summed E-state index contributed by atoms with van der Waals surface area (Å²) in [5.74, 6) is 1.56. The Hall–Kier alpha value is -1.78. The monoisotopic (exact) mass is 376 g/mol. The first-order chi connectivity index (χ1) is 12.0. The summed E-state index contributed by atoms with van der Waals surface area (Å²) in [6.07, 6.45) is -0.526. The third kappa shape index (κ3) is 4.65. The second-order valence-electron chi connectivity index (χ2n) is 6.08. The maximum absolute atomic E-state index is 10.4. The molecule has 3 aromatic rings. The van der Waals surface area contributed by atoms with Crippen molar-refractivity contribution in [1.29, 1.82) is 0 Å². The predicted molar refractivity (Wildman–Crippen MR) is 101 cm³/mol. The van der Waals surface area contributed by atoms with Crippen molar-refractivity contribution in [3.63, 3.8) is 0 Å². The maximum Gasteiger partial charge on any atom is 0.158 e. The third-order valence-electron chi connectivity index (χ3n) is 4.14. The molecule has 0 fully saturated rings. The Balaban J connectivity index is 1.63. The van der Waals surface area contributed by atoms with E-state index in [0.717, 1.165) is 22.6 Å². The lowest BCUT2D eigenvalue weighted by atomic mass is 10.0. The van der Waals surface area contributed by atoms with E-state index in [2.05, 4.69) is 5.32 Å². The highest BCUT2D eigenvalue weighted by Gasteiger charge is 2.19. The zero-order chi connectivity index (χ0) is 17.8. The molecular weight excluding hydrogens is 357 g/mol. The average molecular weight is 377 g/mol. The van der Waals surface area contributed by atoms with Gasteiger partial charge in [-0.3, -0.25) is 0 Å². The van der Waals surface area contributed by atoms with Crippen molar-refractivity contribution >= 4 is 23.2 Å². The quantitative estimate of drug-likeness (QED) is 0.667. The summed E-state index contributed by atoms with van der Waals surface area (Å²) in [6.45, 7) is 2.64. The molecule has 1 heterocycles. The zero-order valence-electron chi connectivity index (χ0n) is 13.8. The SMILES string of the molecule is C[C@H]([NH2+]Cc1ccc(-c2cc(Cl)cc(Cl)c2)o1)[C@H](O)c1ccccc1. The predicted octanol–water partition coefficient (Wildman–Crippen LogP) is 4.44. The van der Waals surface area contributed by atoms with Gasteiger partial charge in [0, 0.05) is 15.6 Å². The second-order valence-corrected chi connectivity index (χ2v) is 6.95. The normalized spacial score (nSPS) is 13.6. The van der Waals surface area contributed by atoms with Crippen LogP contribution in [0.5, 0.6) is 0 Å². The first kappa shape index (κ1) is 18.0. The van der Waals surface area contributed by atoms with Crippen LogP contribution in [0.1, 0.15) is 24.4 Å². The van der Waals surface area contributed by atoms with Crippen molar-refractivity contribution in [2.75, 3.05) is 0 Å².